The minimum Gasteiger partial charge on any atom is -0.463 e. The summed E-state index contributed by atoms with van der Waals surface area (Å²) in [5.74, 6) is -0.0533. The number of nitrogens with zero attached hydrogens (tertiary/aromatic N) is 2. The number of hydrogen-bond acceptors (Lipinski definition) is 8. The van der Waals surface area contributed by atoms with Gasteiger partial charge in [-0.15, -0.1) is 10.2 Å². The molecule has 2 aromatic rings. The molecule has 1 aliphatic heterocycles. The van der Waals surface area contributed by atoms with Crippen LogP contribution in [0.1, 0.15) is 6.92 Å². The smallest absolute Gasteiger partial charge is 0.337 e. The Morgan fingerprint density at radius 2 is 2.30 bits per heavy atom. The molecule has 1 aromatic heterocycles. The summed E-state index contributed by atoms with van der Waals surface area (Å²) < 4.78 is 6.73. The van der Waals surface area contributed by atoms with Crippen molar-refractivity contribution in [2.75, 3.05) is 24.2 Å². The number of rotatable bonds is 7. The summed E-state index contributed by atoms with van der Waals surface area (Å²) in [7, 11) is 0. The van der Waals surface area contributed by atoms with Gasteiger partial charge in [-0.3, -0.25) is 0 Å². The predicted octanol–water partition coefficient (Wildman–Crippen LogP) is 3.27. The van der Waals surface area contributed by atoms with Crippen molar-refractivity contribution in [2.45, 2.75) is 11.3 Å². The number of ether oxygens (including phenoxy) is 1. The van der Waals surface area contributed by atoms with E-state index in [1.165, 1.54) is 23.1 Å². The van der Waals surface area contributed by atoms with Gasteiger partial charge in [-0.1, -0.05) is 45.1 Å². The second-order valence-electron chi connectivity index (χ2n) is 5.28. The van der Waals surface area contributed by atoms with Crippen molar-refractivity contribution in [3.63, 3.8) is 0 Å². The molecule has 3 rings (SSSR count). The first-order valence-electron chi connectivity index (χ1n) is 7.98. The normalized spacial score (nSPS) is 13.8. The molecule has 0 aliphatic carbocycles. The maximum atomic E-state index is 12.0. The molecule has 3 N–H and O–H groups in total. The molecule has 1 aromatic carbocycles. The van der Waals surface area contributed by atoms with Crippen molar-refractivity contribution >= 4 is 61.8 Å². The van der Waals surface area contributed by atoms with Crippen LogP contribution in [-0.2, 0) is 9.53 Å². The van der Waals surface area contributed by atoms with E-state index in [4.69, 9.17) is 4.74 Å². The second-order valence-corrected chi connectivity index (χ2v) is 8.40. The molecule has 0 spiro atoms. The lowest BCUT2D eigenvalue weighted by Crippen LogP contribution is -2.44. The van der Waals surface area contributed by atoms with E-state index < -0.39 is 5.97 Å². The monoisotopic (exact) mass is 469 g/mol. The van der Waals surface area contributed by atoms with Gasteiger partial charge in [-0.05, 0) is 25.1 Å². The summed E-state index contributed by atoms with van der Waals surface area (Å²) in [6.45, 7) is 2.16. The number of anilines is 2. The third-order valence-electron chi connectivity index (χ3n) is 3.40. The summed E-state index contributed by atoms with van der Waals surface area (Å²) in [6, 6.07) is 7.39. The van der Waals surface area contributed by atoms with Gasteiger partial charge in [0.2, 0.25) is 5.13 Å². The topological polar surface area (TPSA) is 105 Å². The van der Waals surface area contributed by atoms with Crippen LogP contribution in [0, 0.1) is 0 Å². The Kier molecular flexibility index (Phi) is 6.69. The highest BCUT2D eigenvalue weighted by molar-refractivity contribution is 9.10. The molecule has 8 nitrogen and oxygen atoms in total. The maximum Gasteiger partial charge on any atom is 0.337 e. The molecule has 2 heterocycles. The third kappa shape index (κ3) is 5.44. The zero-order chi connectivity index (χ0) is 19.2. The zero-order valence-corrected chi connectivity index (χ0v) is 17.5. The molecule has 0 unspecified atom stereocenters. The molecule has 1 aliphatic rings. The first-order chi connectivity index (χ1) is 13.0. The minimum absolute atomic E-state index is 0.145. The fourth-order valence-electron chi connectivity index (χ4n) is 2.21. The van der Waals surface area contributed by atoms with Crippen LogP contribution in [0.3, 0.4) is 0 Å². The first kappa shape index (κ1) is 19.6. The van der Waals surface area contributed by atoms with Gasteiger partial charge >= 0.3 is 12.0 Å². The molecule has 2 amide bonds. The van der Waals surface area contributed by atoms with E-state index in [-0.39, 0.29) is 19.2 Å². The van der Waals surface area contributed by atoms with Gasteiger partial charge in [-0.2, -0.15) is 0 Å². The van der Waals surface area contributed by atoms with E-state index in [1.807, 2.05) is 24.3 Å². The molecule has 11 heteroatoms. The van der Waals surface area contributed by atoms with Crippen LogP contribution >= 0.6 is 39.0 Å². The van der Waals surface area contributed by atoms with E-state index in [0.29, 0.717) is 22.2 Å². The van der Waals surface area contributed by atoms with Crippen molar-refractivity contribution in [3.8, 4) is 0 Å². The number of carbonyl (C=O) groups is 2. The molecule has 0 fully saturated rings. The highest BCUT2D eigenvalue weighted by Crippen LogP contribution is 2.30. The predicted molar refractivity (Wildman–Crippen MR) is 108 cm³/mol. The van der Waals surface area contributed by atoms with Crippen LogP contribution < -0.4 is 16.0 Å². The number of aromatic nitrogens is 2. The van der Waals surface area contributed by atoms with Crippen LogP contribution in [0.25, 0.3) is 0 Å². The molecular formula is C16H16BrN5O3S2. The summed E-state index contributed by atoms with van der Waals surface area (Å²) in [6.07, 6.45) is 0. The molecular weight excluding hydrogens is 454 g/mol. The van der Waals surface area contributed by atoms with Crippen LogP contribution in [0.2, 0.25) is 0 Å². The summed E-state index contributed by atoms with van der Waals surface area (Å²) in [5.41, 5.74) is 1.84. The Hall–Kier alpha value is -2.11. The van der Waals surface area contributed by atoms with Crippen molar-refractivity contribution in [1.82, 2.24) is 20.8 Å². The van der Waals surface area contributed by atoms with Gasteiger partial charge in [0.05, 0.1) is 18.7 Å². The Labute approximate surface area is 172 Å². The Morgan fingerprint density at radius 3 is 3.07 bits per heavy atom. The van der Waals surface area contributed by atoms with E-state index in [1.54, 1.807) is 6.92 Å². The first-order valence-corrected chi connectivity index (χ1v) is 10.6. The Bertz CT molecular complexity index is 886. The van der Waals surface area contributed by atoms with Crippen molar-refractivity contribution < 1.29 is 14.3 Å². The maximum absolute atomic E-state index is 12.0. The number of thioether (sulfide) groups is 1. The van der Waals surface area contributed by atoms with Crippen LogP contribution in [0.5, 0.6) is 0 Å². The number of amides is 2. The average molecular weight is 470 g/mol. The van der Waals surface area contributed by atoms with Crippen molar-refractivity contribution in [2.24, 2.45) is 0 Å². The fraction of sp³-hybridized carbons (Fsp3) is 0.250. The quantitative estimate of drug-likeness (QED) is 0.422. The zero-order valence-electron chi connectivity index (χ0n) is 14.2. The number of urea groups is 1. The number of esters is 1. The molecule has 0 saturated heterocycles. The summed E-state index contributed by atoms with van der Waals surface area (Å²) >= 11 is 6.20. The number of benzene rings is 1. The molecule has 0 radical (unpaired) electrons. The third-order valence-corrected chi connectivity index (χ3v) is 5.89. The average Bonchev–Trinajstić information content (AvgIpc) is 3.07. The van der Waals surface area contributed by atoms with Gasteiger partial charge in [0, 0.05) is 21.6 Å². The molecule has 0 bridgehead atoms. The van der Waals surface area contributed by atoms with Crippen LogP contribution in [-0.4, -0.2) is 41.1 Å². The van der Waals surface area contributed by atoms with Gasteiger partial charge < -0.3 is 20.7 Å². The largest absolute Gasteiger partial charge is 0.463 e. The van der Waals surface area contributed by atoms with E-state index in [0.717, 1.165) is 14.5 Å². The van der Waals surface area contributed by atoms with E-state index in [2.05, 4.69) is 42.1 Å². The summed E-state index contributed by atoms with van der Waals surface area (Å²) in [5, 5.41) is 17.3. The van der Waals surface area contributed by atoms with Gasteiger partial charge in [0.15, 0.2) is 4.34 Å². The van der Waals surface area contributed by atoms with Gasteiger partial charge in [0.25, 0.3) is 0 Å². The van der Waals surface area contributed by atoms with Crippen LogP contribution in [0.15, 0.2) is 44.3 Å². The highest BCUT2D eigenvalue weighted by Gasteiger charge is 2.24. The lowest BCUT2D eigenvalue weighted by atomic mass is 10.2. The van der Waals surface area contributed by atoms with E-state index >= 15 is 0 Å². The van der Waals surface area contributed by atoms with Crippen LogP contribution in [0.4, 0.5) is 15.6 Å². The number of hydrogen-bond donors (Lipinski definition) is 3. The Balaban J connectivity index is 1.65. The second kappa shape index (κ2) is 9.20. The highest BCUT2D eigenvalue weighted by atomic mass is 79.9. The lowest BCUT2D eigenvalue weighted by Gasteiger charge is -2.20. The van der Waals surface area contributed by atoms with Gasteiger partial charge in [-0.25, -0.2) is 9.59 Å². The molecule has 0 atom stereocenters. The van der Waals surface area contributed by atoms with E-state index in [9.17, 15) is 9.59 Å². The Morgan fingerprint density at radius 1 is 1.44 bits per heavy atom. The van der Waals surface area contributed by atoms with Crippen molar-refractivity contribution in [1.29, 1.82) is 0 Å². The van der Waals surface area contributed by atoms with Crippen molar-refractivity contribution in [3.05, 3.63) is 40.0 Å². The standard InChI is InChI=1S/C16H16BrN5O3S2/c1-2-25-13(23)11-7-18-14(24)20-12(11)8-26-16-22-21-15(27-16)19-10-5-3-4-9(17)6-10/h3-6H,2,7-8H2,1H3,(H,19,21)(H2,18,20,24). The fourth-order valence-corrected chi connectivity index (χ4v) is 4.37. The molecule has 142 valence electrons. The number of halogens is 1. The molecule has 0 saturated carbocycles. The number of carbonyl (C=O) groups excluding carboxylic acids is 2. The molecule has 27 heavy (non-hydrogen) atoms. The minimum atomic E-state index is -0.435. The van der Waals surface area contributed by atoms with Gasteiger partial charge in [0.1, 0.15) is 0 Å². The SMILES string of the molecule is CCOC(=O)C1=C(CSc2nnc(Nc3cccc(Br)c3)s2)NC(=O)NC1. The number of nitrogens with one attached hydrogen (secondary N) is 3. The summed E-state index contributed by atoms with van der Waals surface area (Å²) in [4.78, 5) is 23.6. The lowest BCUT2D eigenvalue weighted by molar-refractivity contribution is -0.138.